The molecule has 2 aliphatic rings. The molecule has 0 aromatic heterocycles. The molecule has 0 saturated carbocycles. The lowest BCUT2D eigenvalue weighted by Gasteiger charge is -2.27. The first-order valence-corrected chi connectivity index (χ1v) is 9.28. The number of benzene rings is 1. The number of nitrogens with zero attached hydrogens (tertiary/aromatic N) is 2. The second kappa shape index (κ2) is 5.30. The van der Waals surface area contributed by atoms with Gasteiger partial charge in [0, 0.05) is 24.2 Å². The maximum absolute atomic E-state index is 14.1. The summed E-state index contributed by atoms with van der Waals surface area (Å²) in [5.41, 5.74) is 2.04. The van der Waals surface area contributed by atoms with Gasteiger partial charge in [0.15, 0.2) is 0 Å². The molecule has 23 heavy (non-hydrogen) atoms. The largest absolute Gasteiger partial charge is 0.273 e. The van der Waals surface area contributed by atoms with Crippen molar-refractivity contribution in [3.8, 4) is 0 Å². The molecule has 0 amide bonds. The summed E-state index contributed by atoms with van der Waals surface area (Å²) in [5, 5.41) is 0. The van der Waals surface area contributed by atoms with Crippen molar-refractivity contribution in [3.63, 3.8) is 0 Å². The van der Waals surface area contributed by atoms with Gasteiger partial charge >= 0.3 is 0 Å². The van der Waals surface area contributed by atoms with Crippen molar-refractivity contribution in [2.75, 3.05) is 12.8 Å². The van der Waals surface area contributed by atoms with Crippen LogP contribution in [0.2, 0.25) is 0 Å². The Hall–Kier alpha value is -1.95. The van der Waals surface area contributed by atoms with Crippen LogP contribution in [0.25, 0.3) is 6.08 Å². The maximum Gasteiger partial charge on any atom is 0.232 e. The van der Waals surface area contributed by atoms with E-state index in [1.807, 2.05) is 19.9 Å². The van der Waals surface area contributed by atoms with E-state index < -0.39 is 15.6 Å². The summed E-state index contributed by atoms with van der Waals surface area (Å²) in [4.78, 5) is 4.70. The van der Waals surface area contributed by atoms with Crippen LogP contribution in [0.5, 0.6) is 0 Å². The minimum Gasteiger partial charge on any atom is -0.273 e. The zero-order valence-electron chi connectivity index (χ0n) is 13.4. The van der Waals surface area contributed by atoms with Gasteiger partial charge in [0.2, 0.25) is 10.0 Å². The normalized spacial score (nSPS) is 26.1. The quantitative estimate of drug-likeness (QED) is 0.835. The molecular weight excluding hydrogens is 315 g/mol. The summed E-state index contributed by atoms with van der Waals surface area (Å²) in [6, 6.07) is 6.34. The van der Waals surface area contributed by atoms with Crippen molar-refractivity contribution in [3.05, 3.63) is 53.0 Å². The van der Waals surface area contributed by atoms with Gasteiger partial charge in [-0.15, -0.1) is 0 Å². The van der Waals surface area contributed by atoms with Crippen LogP contribution in [-0.2, 0) is 10.0 Å². The topological polar surface area (TPSA) is 49.7 Å². The van der Waals surface area contributed by atoms with Crippen LogP contribution in [0.15, 0.2) is 46.6 Å². The number of aliphatic imine (C=N–C) groups is 1. The van der Waals surface area contributed by atoms with E-state index in [2.05, 4.69) is 0 Å². The molecule has 6 heteroatoms. The van der Waals surface area contributed by atoms with Gasteiger partial charge in [-0.05, 0) is 37.6 Å². The highest BCUT2D eigenvalue weighted by Crippen LogP contribution is 2.46. The molecule has 1 fully saturated rings. The third-order valence-electron chi connectivity index (χ3n) is 4.41. The predicted molar refractivity (Wildman–Crippen MR) is 90.1 cm³/mol. The molecule has 1 atom stereocenters. The van der Waals surface area contributed by atoms with E-state index in [1.165, 1.54) is 16.6 Å². The van der Waals surface area contributed by atoms with Crippen molar-refractivity contribution in [2.45, 2.75) is 25.8 Å². The Labute approximate surface area is 136 Å². The van der Waals surface area contributed by atoms with Gasteiger partial charge in [-0.25, -0.2) is 12.8 Å². The Morgan fingerprint density at radius 2 is 2.00 bits per heavy atom. The first-order chi connectivity index (χ1) is 10.7. The first kappa shape index (κ1) is 15.9. The molecule has 2 aliphatic heterocycles. The molecule has 2 heterocycles. The number of rotatable bonds is 2. The highest BCUT2D eigenvalue weighted by atomic mass is 32.2. The smallest absolute Gasteiger partial charge is 0.232 e. The molecule has 0 N–H and O–H groups in total. The zero-order chi connectivity index (χ0) is 16.8. The van der Waals surface area contributed by atoms with Gasteiger partial charge in [0.05, 0.1) is 12.0 Å². The number of hydrogen-bond acceptors (Lipinski definition) is 3. The molecule has 0 aliphatic carbocycles. The van der Waals surface area contributed by atoms with Gasteiger partial charge in [0.1, 0.15) is 11.4 Å². The number of halogens is 1. The Balaban J connectivity index is 2.21. The summed E-state index contributed by atoms with van der Waals surface area (Å²) in [7, 11) is -3.44. The fourth-order valence-electron chi connectivity index (χ4n) is 3.36. The zero-order valence-corrected chi connectivity index (χ0v) is 14.2. The fourth-order valence-corrected chi connectivity index (χ4v) is 4.34. The highest BCUT2D eigenvalue weighted by Gasteiger charge is 2.48. The van der Waals surface area contributed by atoms with E-state index in [0.717, 1.165) is 11.3 Å². The molecule has 1 aromatic rings. The number of hydrogen-bond donors (Lipinski definition) is 0. The van der Waals surface area contributed by atoms with Crippen LogP contribution in [0.1, 0.15) is 25.8 Å². The Morgan fingerprint density at radius 1 is 1.30 bits per heavy atom. The molecule has 1 spiro atoms. The molecule has 122 valence electrons. The van der Waals surface area contributed by atoms with E-state index >= 15 is 0 Å². The van der Waals surface area contributed by atoms with Crippen LogP contribution in [0.3, 0.4) is 0 Å². The lowest BCUT2D eigenvalue weighted by Crippen LogP contribution is -2.32. The van der Waals surface area contributed by atoms with E-state index in [4.69, 9.17) is 4.99 Å². The monoisotopic (exact) mass is 334 g/mol. The second-order valence-corrected chi connectivity index (χ2v) is 7.98. The molecule has 3 rings (SSSR count). The minimum atomic E-state index is -3.44. The van der Waals surface area contributed by atoms with Crippen molar-refractivity contribution in [1.82, 2.24) is 4.31 Å². The Kier molecular flexibility index (Phi) is 3.67. The Bertz CT molecular complexity index is 855. The molecular formula is C17H19FN2O2S. The summed E-state index contributed by atoms with van der Waals surface area (Å²) in [6.07, 6.45) is 5.32. The number of sulfonamides is 1. The van der Waals surface area contributed by atoms with Crippen molar-refractivity contribution in [1.29, 1.82) is 0 Å². The average Bonchev–Trinajstić information content (AvgIpc) is 2.94. The van der Waals surface area contributed by atoms with Crippen LogP contribution < -0.4 is 0 Å². The van der Waals surface area contributed by atoms with Crippen LogP contribution >= 0.6 is 0 Å². The fraction of sp³-hybridized carbons (Fsp3) is 0.353. The SMILES string of the molecule is CC1=CC(C)=N[C@]12CCN(S(C)(=O)=O)/C2=C/c1ccccc1F. The van der Waals surface area contributed by atoms with E-state index in [-0.39, 0.29) is 5.82 Å². The predicted octanol–water partition coefficient (Wildman–Crippen LogP) is 2.99. The molecule has 4 nitrogen and oxygen atoms in total. The maximum atomic E-state index is 14.1. The second-order valence-electron chi connectivity index (χ2n) is 6.08. The van der Waals surface area contributed by atoms with E-state index in [0.29, 0.717) is 24.2 Å². The third-order valence-corrected chi connectivity index (χ3v) is 5.59. The van der Waals surface area contributed by atoms with E-state index in [1.54, 1.807) is 24.3 Å². The minimum absolute atomic E-state index is 0.348. The summed E-state index contributed by atoms with van der Waals surface area (Å²) >= 11 is 0. The van der Waals surface area contributed by atoms with Gasteiger partial charge < -0.3 is 0 Å². The number of allylic oxidation sites excluding steroid dienone is 1. The molecule has 0 radical (unpaired) electrons. The third kappa shape index (κ3) is 2.61. The van der Waals surface area contributed by atoms with E-state index in [9.17, 15) is 12.8 Å². The van der Waals surface area contributed by atoms with Gasteiger partial charge in [-0.1, -0.05) is 18.2 Å². The van der Waals surface area contributed by atoms with Crippen LogP contribution in [-0.4, -0.2) is 36.8 Å². The van der Waals surface area contributed by atoms with Gasteiger partial charge in [-0.2, -0.15) is 0 Å². The summed E-state index contributed by atoms with van der Waals surface area (Å²) in [6.45, 7) is 4.18. The van der Waals surface area contributed by atoms with Crippen molar-refractivity contribution < 1.29 is 12.8 Å². The Morgan fingerprint density at radius 3 is 2.57 bits per heavy atom. The van der Waals surface area contributed by atoms with Crippen LogP contribution in [0, 0.1) is 5.82 Å². The van der Waals surface area contributed by atoms with Gasteiger partial charge in [0.25, 0.3) is 0 Å². The summed E-state index contributed by atoms with van der Waals surface area (Å²) < 4.78 is 39.7. The first-order valence-electron chi connectivity index (χ1n) is 7.44. The molecule has 1 saturated heterocycles. The molecule has 0 bridgehead atoms. The average molecular weight is 334 g/mol. The lowest BCUT2D eigenvalue weighted by molar-refractivity contribution is 0.515. The standard InChI is InChI=1S/C17H19FN2O2S/c1-12-10-13(2)19-17(12)8-9-20(23(3,21)22)16(17)11-14-6-4-5-7-15(14)18/h4-7,10-11H,8-9H2,1-3H3/b16-11+/t17-/m1/s1. The lowest BCUT2D eigenvalue weighted by atomic mass is 9.88. The van der Waals surface area contributed by atoms with Crippen LogP contribution in [0.4, 0.5) is 4.39 Å². The van der Waals surface area contributed by atoms with Gasteiger partial charge in [-0.3, -0.25) is 9.30 Å². The molecule has 0 unspecified atom stereocenters. The highest BCUT2D eigenvalue weighted by molar-refractivity contribution is 7.88. The van der Waals surface area contributed by atoms with Crippen molar-refractivity contribution >= 4 is 21.8 Å². The molecule has 1 aromatic carbocycles. The summed E-state index contributed by atoms with van der Waals surface area (Å²) in [5.74, 6) is -0.379. The van der Waals surface area contributed by atoms with Crippen molar-refractivity contribution in [2.24, 2.45) is 4.99 Å².